The lowest BCUT2D eigenvalue weighted by Crippen LogP contribution is -2.26. The summed E-state index contributed by atoms with van der Waals surface area (Å²) >= 11 is 0. The van der Waals surface area contributed by atoms with Crippen molar-refractivity contribution in [1.29, 1.82) is 0 Å². The number of ether oxygens (including phenoxy) is 1. The fourth-order valence-electron chi connectivity index (χ4n) is 4.00. The number of carbonyl (C=O) groups is 1. The Kier molecular flexibility index (Phi) is 8.56. The first-order valence-corrected chi connectivity index (χ1v) is 12.6. The second kappa shape index (κ2) is 12.0. The Morgan fingerprint density at radius 3 is 2.89 bits per heavy atom. The van der Waals surface area contributed by atoms with Gasteiger partial charge < -0.3 is 25.5 Å². The lowest BCUT2D eigenvalue weighted by molar-refractivity contribution is -0.120. The monoisotopic (exact) mass is 504 g/mol. The van der Waals surface area contributed by atoms with E-state index >= 15 is 0 Å². The average Bonchev–Trinajstić information content (AvgIpc) is 3.57. The van der Waals surface area contributed by atoms with Crippen molar-refractivity contribution >= 4 is 31.5 Å². The third-order valence-corrected chi connectivity index (χ3v) is 6.33. The van der Waals surface area contributed by atoms with Gasteiger partial charge in [-0.15, -0.1) is 0 Å². The maximum absolute atomic E-state index is 12.4. The zero-order valence-corrected chi connectivity index (χ0v) is 20.0. The van der Waals surface area contributed by atoms with E-state index in [1.165, 1.54) is 6.33 Å². The number of amides is 1. The summed E-state index contributed by atoms with van der Waals surface area (Å²) in [4.78, 5) is 42.4. The van der Waals surface area contributed by atoms with Crippen molar-refractivity contribution in [3.63, 3.8) is 0 Å². The van der Waals surface area contributed by atoms with Gasteiger partial charge in [-0.25, -0.2) is 9.97 Å². The average molecular weight is 504 g/mol. The second-order valence-electron chi connectivity index (χ2n) is 8.43. The van der Waals surface area contributed by atoms with Crippen LogP contribution in [0.15, 0.2) is 23.6 Å². The molecule has 1 aliphatic heterocycles. The largest absolute Gasteiger partial charge is 0.390 e. The van der Waals surface area contributed by atoms with E-state index < -0.39 is 18.4 Å². The number of aliphatic hydroxyl groups is 1. The summed E-state index contributed by atoms with van der Waals surface area (Å²) in [6, 6.07) is 0. The summed E-state index contributed by atoms with van der Waals surface area (Å²) in [6.45, 7) is 1.25. The molecule has 14 heteroatoms. The second-order valence-corrected chi connectivity index (χ2v) is 9.05. The van der Waals surface area contributed by atoms with E-state index in [4.69, 9.17) is 4.74 Å². The number of H-pyrrole nitrogens is 2. The van der Waals surface area contributed by atoms with Crippen molar-refractivity contribution in [1.82, 2.24) is 34.8 Å². The van der Waals surface area contributed by atoms with Crippen LogP contribution in [-0.2, 0) is 20.5 Å². The van der Waals surface area contributed by atoms with Crippen LogP contribution in [0, 0.1) is 0 Å². The van der Waals surface area contributed by atoms with Gasteiger partial charge in [-0.2, -0.15) is 4.98 Å². The van der Waals surface area contributed by atoms with E-state index in [0.29, 0.717) is 37.5 Å². The molecule has 0 radical (unpaired) electrons. The van der Waals surface area contributed by atoms with Gasteiger partial charge in [0.25, 0.3) is 5.56 Å². The topological polar surface area (TPSA) is 180 Å². The molecule has 5 N–H and O–H groups in total. The molecule has 1 saturated heterocycles. The molecular formula is C21H29N8O5P. The van der Waals surface area contributed by atoms with Gasteiger partial charge >= 0.3 is 0 Å². The molecule has 3 atom stereocenters. The van der Waals surface area contributed by atoms with Gasteiger partial charge in [0.2, 0.25) is 11.9 Å². The molecule has 35 heavy (non-hydrogen) atoms. The highest BCUT2D eigenvalue weighted by atomic mass is 31.1. The molecule has 0 bridgehead atoms. The Morgan fingerprint density at radius 1 is 1.29 bits per heavy atom. The fraction of sp³-hybridized carbons (Fsp3) is 0.571. The minimum absolute atomic E-state index is 0.0290. The van der Waals surface area contributed by atoms with Gasteiger partial charge in [-0.05, 0) is 12.8 Å². The van der Waals surface area contributed by atoms with E-state index in [1.807, 2.05) is 0 Å². The van der Waals surface area contributed by atoms with Crippen LogP contribution in [-0.4, -0.2) is 72.0 Å². The summed E-state index contributed by atoms with van der Waals surface area (Å²) in [7, 11) is -0.0961. The predicted molar refractivity (Wildman–Crippen MR) is 127 cm³/mol. The van der Waals surface area contributed by atoms with E-state index in [1.54, 1.807) is 17.1 Å². The van der Waals surface area contributed by atoms with Crippen LogP contribution < -0.4 is 16.2 Å². The van der Waals surface area contributed by atoms with Gasteiger partial charge in [0, 0.05) is 31.4 Å². The highest BCUT2D eigenvalue weighted by Crippen LogP contribution is 2.31. The molecule has 3 unspecified atom stereocenters. The van der Waals surface area contributed by atoms with Crippen molar-refractivity contribution in [3.8, 4) is 0 Å². The Hall–Kier alpha value is -3.15. The Morgan fingerprint density at radius 2 is 2.11 bits per heavy atom. The van der Waals surface area contributed by atoms with Gasteiger partial charge in [0.05, 0.1) is 37.4 Å². The summed E-state index contributed by atoms with van der Waals surface area (Å²) in [5, 5.41) is 16.2. The number of anilines is 1. The van der Waals surface area contributed by atoms with Crippen LogP contribution in [0.25, 0.3) is 11.2 Å². The highest BCUT2D eigenvalue weighted by molar-refractivity contribution is 7.23. The maximum atomic E-state index is 12.4. The first kappa shape index (κ1) is 25.0. The summed E-state index contributed by atoms with van der Waals surface area (Å²) in [6.07, 6.45) is 7.31. The third kappa shape index (κ3) is 6.50. The van der Waals surface area contributed by atoms with Gasteiger partial charge in [-0.1, -0.05) is 12.8 Å². The number of unbranched alkanes of at least 4 members (excludes halogenated alkanes) is 3. The lowest BCUT2D eigenvalue weighted by Gasteiger charge is -2.13. The van der Waals surface area contributed by atoms with Gasteiger partial charge in [0.15, 0.2) is 19.6 Å². The SMILES string of the molecule is O=PCC1OC(n2cnc3c(=O)[nH]c(NCCCCCCNC(=O)Cc4cnc[nH]4)nc32)CC1O. The first-order chi connectivity index (χ1) is 17.0. The highest BCUT2D eigenvalue weighted by Gasteiger charge is 2.35. The number of carbonyl (C=O) groups excluding carboxylic acids is 1. The van der Waals surface area contributed by atoms with Crippen molar-refractivity contribution in [2.24, 2.45) is 0 Å². The molecule has 0 spiro atoms. The summed E-state index contributed by atoms with van der Waals surface area (Å²) < 4.78 is 18.3. The fourth-order valence-corrected chi connectivity index (χ4v) is 4.48. The van der Waals surface area contributed by atoms with Crippen molar-refractivity contribution in [2.45, 2.75) is 57.0 Å². The number of hydrogen-bond donors (Lipinski definition) is 5. The third-order valence-electron chi connectivity index (χ3n) is 5.83. The quantitative estimate of drug-likeness (QED) is 0.168. The molecule has 13 nitrogen and oxygen atoms in total. The minimum Gasteiger partial charge on any atom is -0.390 e. The minimum atomic E-state index is -0.747. The molecule has 3 aromatic rings. The van der Waals surface area contributed by atoms with Gasteiger partial charge in [-0.3, -0.25) is 23.7 Å². The van der Waals surface area contributed by atoms with E-state index in [-0.39, 0.29) is 31.6 Å². The van der Waals surface area contributed by atoms with Crippen molar-refractivity contribution in [3.05, 3.63) is 34.9 Å². The number of aromatic amines is 2. The molecule has 188 valence electrons. The van der Waals surface area contributed by atoms with Crippen molar-refractivity contribution < 1.29 is 19.2 Å². The molecule has 0 aliphatic carbocycles. The van der Waals surface area contributed by atoms with Crippen LogP contribution in [0.1, 0.15) is 44.0 Å². The number of fused-ring (bicyclic) bond motifs is 1. The van der Waals surface area contributed by atoms with Crippen LogP contribution in [0.3, 0.4) is 0 Å². The first-order valence-electron chi connectivity index (χ1n) is 11.6. The number of aromatic nitrogens is 6. The molecule has 4 rings (SSSR count). The molecule has 1 aliphatic rings. The number of nitrogens with zero attached hydrogens (tertiary/aromatic N) is 4. The normalized spacial score (nSPS) is 20.0. The van der Waals surface area contributed by atoms with Crippen molar-refractivity contribution in [2.75, 3.05) is 24.6 Å². The molecule has 1 fully saturated rings. The number of aliphatic hydroxyl groups excluding tert-OH is 1. The van der Waals surface area contributed by atoms with Crippen LogP contribution in [0.5, 0.6) is 0 Å². The molecule has 0 aromatic carbocycles. The lowest BCUT2D eigenvalue weighted by atomic mass is 10.2. The number of nitrogens with one attached hydrogen (secondary N) is 4. The van der Waals surface area contributed by atoms with Crippen LogP contribution in [0.2, 0.25) is 0 Å². The van der Waals surface area contributed by atoms with Crippen LogP contribution >= 0.6 is 8.46 Å². The molecule has 1 amide bonds. The smallest absolute Gasteiger partial charge is 0.280 e. The number of imidazole rings is 2. The van der Waals surface area contributed by atoms with E-state index in [2.05, 4.69) is 35.6 Å². The van der Waals surface area contributed by atoms with E-state index in [0.717, 1.165) is 31.4 Å². The summed E-state index contributed by atoms with van der Waals surface area (Å²) in [5.74, 6) is 0.308. The number of rotatable bonds is 13. The standard InChI is InChI=1S/C21H29N8O5P/c30-14-8-17(34-15(14)10-35-33)29-12-26-18-19(29)27-21(28-20(18)32)24-6-4-2-1-3-5-23-16(31)7-13-9-22-11-25-13/h9,11-12,14-15,17,30H,1-8,10H2,(H,22,25)(H,23,31)(H2,24,27,28,32). The molecule has 4 heterocycles. The Balaban J connectivity index is 1.20. The summed E-state index contributed by atoms with van der Waals surface area (Å²) in [5.41, 5.74) is 0.974. The molecular weight excluding hydrogens is 475 g/mol. The zero-order chi connectivity index (χ0) is 24.6. The Labute approximate surface area is 202 Å². The van der Waals surface area contributed by atoms with E-state index in [9.17, 15) is 19.3 Å². The number of hydrogen-bond acceptors (Lipinski definition) is 9. The zero-order valence-electron chi connectivity index (χ0n) is 19.1. The molecule has 0 saturated carbocycles. The van der Waals surface area contributed by atoms with Gasteiger partial charge in [0.1, 0.15) is 6.23 Å². The predicted octanol–water partition coefficient (Wildman–Crippen LogP) is 1.11. The Bertz CT molecular complexity index is 1180. The maximum Gasteiger partial charge on any atom is 0.280 e. The van der Waals surface area contributed by atoms with Crippen LogP contribution in [0.4, 0.5) is 5.95 Å². The molecule has 3 aromatic heterocycles.